The Labute approximate surface area is 145 Å². The van der Waals surface area contributed by atoms with Crippen molar-refractivity contribution < 1.29 is 9.53 Å². The molecule has 0 saturated heterocycles. The van der Waals surface area contributed by atoms with Crippen LogP contribution in [0.1, 0.15) is 11.1 Å². The first-order valence-electron chi connectivity index (χ1n) is 7.00. The van der Waals surface area contributed by atoms with Crippen molar-refractivity contribution in [3.05, 3.63) is 58.6 Å². The molecular weight excluding hydrogens is 332 g/mol. The van der Waals surface area contributed by atoms with Crippen LogP contribution in [0, 0.1) is 13.8 Å². The van der Waals surface area contributed by atoms with Crippen molar-refractivity contribution in [3.8, 4) is 5.75 Å². The maximum Gasteiger partial charge on any atom is 0.264 e. The van der Waals surface area contributed by atoms with Crippen LogP contribution >= 0.6 is 23.8 Å². The number of anilines is 1. The summed E-state index contributed by atoms with van der Waals surface area (Å²) < 4.78 is 5.53. The monoisotopic (exact) mass is 348 g/mol. The van der Waals surface area contributed by atoms with Gasteiger partial charge < -0.3 is 10.1 Å². The number of benzene rings is 2. The highest BCUT2D eigenvalue weighted by Crippen LogP contribution is 2.18. The van der Waals surface area contributed by atoms with Crippen molar-refractivity contribution in [1.29, 1.82) is 0 Å². The smallest absolute Gasteiger partial charge is 0.264 e. The van der Waals surface area contributed by atoms with Crippen LogP contribution in [0.4, 0.5) is 5.69 Å². The standard InChI is InChI=1S/C17H17ClN2O2S/c1-11-3-4-12(2)15(9-11)22-10-16(21)20-17(23)19-14-7-5-13(18)6-8-14/h3-9H,10H2,1-2H3,(H2,19,20,21,23). The molecule has 4 nitrogen and oxygen atoms in total. The highest BCUT2D eigenvalue weighted by molar-refractivity contribution is 7.80. The number of hydrogen-bond acceptors (Lipinski definition) is 3. The Morgan fingerprint density at radius 3 is 2.57 bits per heavy atom. The fourth-order valence-corrected chi connectivity index (χ4v) is 2.22. The lowest BCUT2D eigenvalue weighted by Crippen LogP contribution is -2.37. The quantitative estimate of drug-likeness (QED) is 0.824. The van der Waals surface area contributed by atoms with Crippen LogP contribution in [0.15, 0.2) is 42.5 Å². The lowest BCUT2D eigenvalue weighted by molar-refractivity contribution is -0.121. The Hall–Kier alpha value is -2.11. The van der Waals surface area contributed by atoms with E-state index in [1.165, 1.54) is 0 Å². The largest absolute Gasteiger partial charge is 0.483 e. The van der Waals surface area contributed by atoms with E-state index in [9.17, 15) is 4.79 Å². The second-order valence-corrected chi connectivity index (χ2v) is 5.91. The Balaban J connectivity index is 1.83. The van der Waals surface area contributed by atoms with Gasteiger partial charge in [0.1, 0.15) is 5.75 Å². The molecule has 2 aromatic carbocycles. The second kappa shape index (κ2) is 7.94. The fraction of sp³-hybridized carbons (Fsp3) is 0.176. The molecule has 0 aliphatic rings. The molecule has 120 valence electrons. The summed E-state index contributed by atoms with van der Waals surface area (Å²) in [7, 11) is 0. The molecule has 0 aliphatic heterocycles. The first-order chi connectivity index (χ1) is 10.9. The summed E-state index contributed by atoms with van der Waals surface area (Å²) in [6.07, 6.45) is 0. The summed E-state index contributed by atoms with van der Waals surface area (Å²) in [5, 5.41) is 6.32. The molecule has 0 saturated carbocycles. The van der Waals surface area contributed by atoms with Gasteiger partial charge in [-0.25, -0.2) is 0 Å². The molecule has 0 aromatic heterocycles. The number of carbonyl (C=O) groups is 1. The van der Waals surface area contributed by atoms with E-state index in [-0.39, 0.29) is 17.6 Å². The first kappa shape index (κ1) is 17.2. The van der Waals surface area contributed by atoms with Crippen LogP contribution in [0.3, 0.4) is 0 Å². The molecular formula is C17H17ClN2O2S. The highest BCUT2D eigenvalue weighted by atomic mass is 35.5. The SMILES string of the molecule is Cc1ccc(C)c(OCC(=O)NC(=S)Nc2ccc(Cl)cc2)c1. The van der Waals surface area contributed by atoms with Crippen molar-refractivity contribution >= 4 is 40.5 Å². The number of aryl methyl sites for hydroxylation is 2. The van der Waals surface area contributed by atoms with Gasteiger partial charge in [-0.15, -0.1) is 0 Å². The third-order valence-corrected chi connectivity index (χ3v) is 3.51. The van der Waals surface area contributed by atoms with E-state index in [1.54, 1.807) is 24.3 Å². The minimum Gasteiger partial charge on any atom is -0.483 e. The number of rotatable bonds is 4. The molecule has 2 rings (SSSR count). The number of amides is 1. The zero-order valence-corrected chi connectivity index (χ0v) is 14.4. The summed E-state index contributed by atoms with van der Waals surface area (Å²) in [4.78, 5) is 11.9. The molecule has 1 amide bonds. The van der Waals surface area contributed by atoms with Crippen LogP contribution in [0.25, 0.3) is 0 Å². The fourth-order valence-electron chi connectivity index (χ4n) is 1.86. The van der Waals surface area contributed by atoms with E-state index >= 15 is 0 Å². The number of hydrogen-bond donors (Lipinski definition) is 2. The van der Waals surface area contributed by atoms with Crippen molar-refractivity contribution in [2.75, 3.05) is 11.9 Å². The average molecular weight is 349 g/mol. The van der Waals surface area contributed by atoms with Crippen LogP contribution in [0.5, 0.6) is 5.75 Å². The Morgan fingerprint density at radius 2 is 1.87 bits per heavy atom. The Kier molecular flexibility index (Phi) is 5.96. The lowest BCUT2D eigenvalue weighted by Gasteiger charge is -2.12. The van der Waals surface area contributed by atoms with E-state index in [2.05, 4.69) is 10.6 Å². The summed E-state index contributed by atoms with van der Waals surface area (Å²) in [5.74, 6) is 0.370. The minimum absolute atomic E-state index is 0.104. The molecule has 0 aliphatic carbocycles. The maximum atomic E-state index is 11.9. The predicted molar refractivity (Wildman–Crippen MR) is 97.2 cm³/mol. The van der Waals surface area contributed by atoms with Crippen molar-refractivity contribution in [1.82, 2.24) is 5.32 Å². The van der Waals surface area contributed by atoms with Gasteiger partial charge in [-0.1, -0.05) is 23.7 Å². The van der Waals surface area contributed by atoms with E-state index in [0.717, 1.165) is 16.8 Å². The highest BCUT2D eigenvalue weighted by Gasteiger charge is 2.07. The molecule has 2 N–H and O–H groups in total. The molecule has 0 atom stereocenters. The van der Waals surface area contributed by atoms with E-state index in [0.29, 0.717) is 10.8 Å². The summed E-state index contributed by atoms with van der Waals surface area (Å²) >= 11 is 10.9. The second-order valence-electron chi connectivity index (χ2n) is 5.07. The number of carbonyl (C=O) groups excluding carboxylic acids is 1. The third kappa shape index (κ3) is 5.54. The van der Waals surface area contributed by atoms with Gasteiger partial charge in [0.15, 0.2) is 11.7 Å². The predicted octanol–water partition coefficient (Wildman–Crippen LogP) is 3.85. The Bertz CT molecular complexity index is 717. The molecule has 0 spiro atoms. The van der Waals surface area contributed by atoms with Gasteiger partial charge in [0.05, 0.1) is 0 Å². The van der Waals surface area contributed by atoms with Gasteiger partial charge in [0, 0.05) is 10.7 Å². The van der Waals surface area contributed by atoms with Crippen molar-refractivity contribution in [2.45, 2.75) is 13.8 Å². The molecule has 2 aromatic rings. The molecule has 0 unspecified atom stereocenters. The first-order valence-corrected chi connectivity index (χ1v) is 7.79. The number of thiocarbonyl (C=S) groups is 1. The van der Waals surface area contributed by atoms with Gasteiger partial charge in [-0.3, -0.25) is 10.1 Å². The van der Waals surface area contributed by atoms with E-state index < -0.39 is 0 Å². The van der Waals surface area contributed by atoms with Gasteiger partial charge in [0.2, 0.25) is 0 Å². The van der Waals surface area contributed by atoms with Crippen LogP contribution in [0.2, 0.25) is 5.02 Å². The van der Waals surface area contributed by atoms with Gasteiger partial charge in [0.25, 0.3) is 5.91 Å². The molecule has 0 fully saturated rings. The third-order valence-electron chi connectivity index (χ3n) is 3.06. The number of nitrogens with one attached hydrogen (secondary N) is 2. The van der Waals surface area contributed by atoms with Crippen molar-refractivity contribution in [3.63, 3.8) is 0 Å². The number of halogens is 1. The molecule has 0 radical (unpaired) electrons. The molecule has 6 heteroatoms. The van der Waals surface area contributed by atoms with Gasteiger partial charge in [-0.2, -0.15) is 0 Å². The molecule has 23 heavy (non-hydrogen) atoms. The maximum absolute atomic E-state index is 11.9. The van der Waals surface area contributed by atoms with E-state index in [4.69, 9.17) is 28.6 Å². The van der Waals surface area contributed by atoms with Crippen LogP contribution in [-0.2, 0) is 4.79 Å². The zero-order valence-electron chi connectivity index (χ0n) is 12.9. The number of ether oxygens (including phenoxy) is 1. The van der Waals surface area contributed by atoms with Gasteiger partial charge >= 0.3 is 0 Å². The van der Waals surface area contributed by atoms with Gasteiger partial charge in [-0.05, 0) is 67.5 Å². The van der Waals surface area contributed by atoms with Crippen molar-refractivity contribution in [2.24, 2.45) is 0 Å². The Morgan fingerprint density at radius 1 is 1.17 bits per heavy atom. The summed E-state index contributed by atoms with van der Waals surface area (Å²) in [5.41, 5.74) is 2.80. The topological polar surface area (TPSA) is 50.4 Å². The molecule has 0 bridgehead atoms. The summed E-state index contributed by atoms with van der Waals surface area (Å²) in [6.45, 7) is 3.80. The zero-order chi connectivity index (χ0) is 16.8. The van der Waals surface area contributed by atoms with Crippen LogP contribution in [-0.4, -0.2) is 17.6 Å². The summed E-state index contributed by atoms with van der Waals surface area (Å²) in [6, 6.07) is 12.9. The average Bonchev–Trinajstić information content (AvgIpc) is 2.50. The van der Waals surface area contributed by atoms with Crippen LogP contribution < -0.4 is 15.4 Å². The minimum atomic E-state index is -0.322. The van der Waals surface area contributed by atoms with E-state index in [1.807, 2.05) is 32.0 Å². The normalized spacial score (nSPS) is 10.0. The lowest BCUT2D eigenvalue weighted by atomic mass is 10.1. The molecule has 0 heterocycles.